The molecule has 130 valence electrons. The molecule has 1 N–H and O–H groups in total. The van der Waals surface area contributed by atoms with Gasteiger partial charge in [-0.3, -0.25) is 4.79 Å². The van der Waals surface area contributed by atoms with E-state index in [1.807, 2.05) is 83.1 Å². The van der Waals surface area contributed by atoms with Gasteiger partial charge in [0.15, 0.2) is 0 Å². The number of aryl methyl sites for hydroxylation is 1. The van der Waals surface area contributed by atoms with E-state index < -0.39 is 7.12 Å². The van der Waals surface area contributed by atoms with Crippen molar-refractivity contribution in [3.63, 3.8) is 0 Å². The van der Waals surface area contributed by atoms with Crippen LogP contribution in [-0.2, 0) is 9.31 Å². The third kappa shape index (κ3) is 3.62. The molecule has 3 rings (SSSR count). The number of rotatable bonds is 3. The Bertz CT molecular complexity index is 751. The van der Waals surface area contributed by atoms with Gasteiger partial charge in [0.2, 0.25) is 0 Å². The minimum absolute atomic E-state index is 0.122. The van der Waals surface area contributed by atoms with Crippen molar-refractivity contribution >= 4 is 24.2 Å². The van der Waals surface area contributed by atoms with Gasteiger partial charge >= 0.3 is 7.12 Å². The van der Waals surface area contributed by atoms with Crippen LogP contribution in [0.15, 0.2) is 48.5 Å². The van der Waals surface area contributed by atoms with E-state index >= 15 is 0 Å². The fraction of sp³-hybridized carbons (Fsp3) is 0.350. The molecular weight excluding hydrogens is 313 g/mol. The Morgan fingerprint density at radius 1 is 0.880 bits per heavy atom. The Labute approximate surface area is 149 Å². The minimum atomic E-state index is -0.396. The van der Waals surface area contributed by atoms with Crippen molar-refractivity contribution in [3.8, 4) is 0 Å². The molecule has 1 amide bonds. The average Bonchev–Trinajstić information content (AvgIpc) is 2.76. The number of amides is 1. The number of hydrogen-bond donors (Lipinski definition) is 1. The quantitative estimate of drug-likeness (QED) is 0.872. The Balaban J connectivity index is 1.69. The molecular formula is C20H24BNO3. The summed E-state index contributed by atoms with van der Waals surface area (Å²) in [6.07, 6.45) is 0. The van der Waals surface area contributed by atoms with Crippen LogP contribution in [0, 0.1) is 6.92 Å². The maximum absolute atomic E-state index is 12.3. The summed E-state index contributed by atoms with van der Waals surface area (Å²) in [4.78, 5) is 12.3. The van der Waals surface area contributed by atoms with Gasteiger partial charge in [-0.15, -0.1) is 0 Å². The van der Waals surface area contributed by atoms with Crippen LogP contribution in [0.2, 0.25) is 0 Å². The lowest BCUT2D eigenvalue weighted by atomic mass is 9.79. The molecule has 0 radical (unpaired) electrons. The van der Waals surface area contributed by atoms with E-state index in [4.69, 9.17) is 9.31 Å². The lowest BCUT2D eigenvalue weighted by Gasteiger charge is -2.32. The zero-order valence-electron chi connectivity index (χ0n) is 15.4. The summed E-state index contributed by atoms with van der Waals surface area (Å²) in [5.74, 6) is -0.122. The Hall–Kier alpha value is -2.11. The van der Waals surface area contributed by atoms with Crippen LogP contribution in [0.25, 0.3) is 0 Å². The third-order valence-electron chi connectivity index (χ3n) is 5.01. The molecule has 4 nitrogen and oxygen atoms in total. The summed E-state index contributed by atoms with van der Waals surface area (Å²) < 4.78 is 12.1. The highest BCUT2D eigenvalue weighted by molar-refractivity contribution is 6.62. The molecule has 0 spiro atoms. The second-order valence-electron chi connectivity index (χ2n) is 7.53. The normalized spacial score (nSPS) is 18.2. The second-order valence-corrected chi connectivity index (χ2v) is 7.53. The fourth-order valence-electron chi connectivity index (χ4n) is 2.61. The molecule has 0 aliphatic carbocycles. The SMILES string of the molecule is Cc1ccc(C(=O)Nc2ccc(B3OC(C)(C)C(C)(C)O3)cc2)cc1. The summed E-state index contributed by atoms with van der Waals surface area (Å²) in [6.45, 7) is 10.1. The van der Waals surface area contributed by atoms with Crippen molar-refractivity contribution in [3.05, 3.63) is 59.7 Å². The van der Waals surface area contributed by atoms with Gasteiger partial charge in [0.1, 0.15) is 0 Å². The number of nitrogens with one attached hydrogen (secondary N) is 1. The van der Waals surface area contributed by atoms with Gasteiger partial charge in [-0.1, -0.05) is 29.8 Å². The fourth-order valence-corrected chi connectivity index (χ4v) is 2.61. The monoisotopic (exact) mass is 337 g/mol. The largest absolute Gasteiger partial charge is 0.494 e. The summed E-state index contributed by atoms with van der Waals surface area (Å²) in [5, 5.41) is 2.91. The van der Waals surface area contributed by atoms with Gasteiger partial charge in [-0.05, 0) is 64.3 Å². The van der Waals surface area contributed by atoms with E-state index in [1.54, 1.807) is 0 Å². The van der Waals surface area contributed by atoms with Crippen LogP contribution in [0.3, 0.4) is 0 Å². The highest BCUT2D eigenvalue weighted by Crippen LogP contribution is 2.36. The van der Waals surface area contributed by atoms with Crippen molar-refractivity contribution in [1.82, 2.24) is 0 Å². The van der Waals surface area contributed by atoms with Gasteiger partial charge < -0.3 is 14.6 Å². The van der Waals surface area contributed by atoms with Crippen LogP contribution >= 0.6 is 0 Å². The Morgan fingerprint density at radius 3 is 1.92 bits per heavy atom. The molecule has 1 fully saturated rings. The first kappa shape index (κ1) is 17.7. The van der Waals surface area contributed by atoms with Gasteiger partial charge in [0.05, 0.1) is 11.2 Å². The Kier molecular flexibility index (Phi) is 4.48. The van der Waals surface area contributed by atoms with Crippen molar-refractivity contribution in [2.24, 2.45) is 0 Å². The first-order valence-corrected chi connectivity index (χ1v) is 8.52. The first-order chi connectivity index (χ1) is 11.7. The molecule has 2 aromatic carbocycles. The summed E-state index contributed by atoms with van der Waals surface area (Å²) >= 11 is 0. The van der Waals surface area contributed by atoms with Crippen LogP contribution in [0.4, 0.5) is 5.69 Å². The van der Waals surface area contributed by atoms with Crippen molar-refractivity contribution in [1.29, 1.82) is 0 Å². The number of carbonyl (C=O) groups excluding carboxylic acids is 1. The molecule has 0 atom stereocenters. The van der Waals surface area contributed by atoms with Crippen molar-refractivity contribution in [2.75, 3.05) is 5.32 Å². The number of anilines is 1. The van der Waals surface area contributed by atoms with E-state index in [1.165, 1.54) is 0 Å². The van der Waals surface area contributed by atoms with Gasteiger partial charge in [-0.2, -0.15) is 0 Å². The molecule has 1 aliphatic rings. The van der Waals surface area contributed by atoms with Crippen molar-refractivity contribution in [2.45, 2.75) is 45.8 Å². The Morgan fingerprint density at radius 2 is 1.40 bits per heavy atom. The molecule has 0 bridgehead atoms. The third-order valence-corrected chi connectivity index (χ3v) is 5.01. The lowest BCUT2D eigenvalue weighted by Crippen LogP contribution is -2.41. The summed E-state index contributed by atoms with van der Waals surface area (Å²) in [7, 11) is -0.396. The summed E-state index contributed by atoms with van der Waals surface area (Å²) in [5.41, 5.74) is 2.72. The van der Waals surface area contributed by atoms with Crippen molar-refractivity contribution < 1.29 is 14.1 Å². The van der Waals surface area contributed by atoms with E-state index in [0.29, 0.717) is 5.56 Å². The molecule has 25 heavy (non-hydrogen) atoms. The molecule has 1 saturated heterocycles. The van der Waals surface area contributed by atoms with E-state index in [9.17, 15) is 4.79 Å². The van der Waals surface area contributed by atoms with Crippen LogP contribution in [0.5, 0.6) is 0 Å². The smallest absolute Gasteiger partial charge is 0.399 e. The highest BCUT2D eigenvalue weighted by atomic mass is 16.7. The maximum Gasteiger partial charge on any atom is 0.494 e. The standard InChI is InChI=1S/C20H24BNO3/c1-14-6-8-15(9-7-14)18(23)22-17-12-10-16(11-13-17)21-24-19(2,3)20(4,5)25-21/h6-13H,1-5H3,(H,22,23). The molecule has 0 saturated carbocycles. The molecule has 1 heterocycles. The second kappa shape index (κ2) is 6.32. The summed E-state index contributed by atoms with van der Waals surface area (Å²) in [6, 6.07) is 15.1. The zero-order chi connectivity index (χ0) is 18.2. The van der Waals surface area contributed by atoms with Crippen LogP contribution in [0.1, 0.15) is 43.6 Å². The predicted octanol–water partition coefficient (Wildman–Crippen LogP) is 3.55. The van der Waals surface area contributed by atoms with E-state index in [0.717, 1.165) is 16.7 Å². The molecule has 2 aromatic rings. The number of carbonyl (C=O) groups is 1. The maximum atomic E-state index is 12.3. The van der Waals surface area contributed by atoms with E-state index in [-0.39, 0.29) is 17.1 Å². The minimum Gasteiger partial charge on any atom is -0.399 e. The highest BCUT2D eigenvalue weighted by Gasteiger charge is 2.51. The zero-order valence-corrected chi connectivity index (χ0v) is 15.4. The topological polar surface area (TPSA) is 47.6 Å². The molecule has 1 aliphatic heterocycles. The molecule has 0 aromatic heterocycles. The number of hydrogen-bond acceptors (Lipinski definition) is 3. The first-order valence-electron chi connectivity index (χ1n) is 8.52. The number of benzene rings is 2. The molecule has 0 unspecified atom stereocenters. The average molecular weight is 337 g/mol. The van der Waals surface area contributed by atoms with Crippen LogP contribution < -0.4 is 10.8 Å². The predicted molar refractivity (Wildman–Crippen MR) is 101 cm³/mol. The molecule has 5 heteroatoms. The van der Waals surface area contributed by atoms with Gasteiger partial charge in [-0.25, -0.2) is 0 Å². The van der Waals surface area contributed by atoms with Gasteiger partial charge in [0.25, 0.3) is 5.91 Å². The lowest BCUT2D eigenvalue weighted by molar-refractivity contribution is 0.00578. The van der Waals surface area contributed by atoms with Crippen LogP contribution in [-0.4, -0.2) is 24.2 Å². The van der Waals surface area contributed by atoms with Gasteiger partial charge in [0, 0.05) is 11.3 Å². The van der Waals surface area contributed by atoms with E-state index in [2.05, 4.69) is 5.32 Å².